The Labute approximate surface area is 164 Å². The number of anilines is 1. The Morgan fingerprint density at radius 3 is 2.93 bits per heavy atom. The van der Waals surface area contributed by atoms with Crippen LogP contribution >= 0.6 is 11.3 Å². The zero-order valence-electron chi connectivity index (χ0n) is 15.7. The van der Waals surface area contributed by atoms with Crippen molar-refractivity contribution in [2.45, 2.75) is 38.3 Å². The van der Waals surface area contributed by atoms with E-state index in [0.29, 0.717) is 13.1 Å². The van der Waals surface area contributed by atoms with Gasteiger partial charge in [0.25, 0.3) is 0 Å². The number of nitriles is 1. The molecule has 0 saturated carbocycles. The second-order valence-corrected chi connectivity index (χ2v) is 8.23. The Balaban J connectivity index is 1.49. The minimum absolute atomic E-state index is 0.00672. The molecule has 2 aromatic rings. The second-order valence-electron chi connectivity index (χ2n) is 7.37. The van der Waals surface area contributed by atoms with E-state index in [1.807, 2.05) is 49.6 Å². The molecule has 2 heterocycles. The number of hydrogen-bond donors (Lipinski definition) is 2. The van der Waals surface area contributed by atoms with Crippen molar-refractivity contribution in [2.75, 3.05) is 25.0 Å². The van der Waals surface area contributed by atoms with Crippen LogP contribution in [0.1, 0.15) is 26.7 Å². The first kappa shape index (κ1) is 19.3. The molecule has 0 unspecified atom stereocenters. The Kier molecular flexibility index (Phi) is 6.09. The smallest absolute Gasteiger partial charge is 0.237 e. The Hall–Kier alpha value is -2.43. The minimum atomic E-state index is -0.282. The summed E-state index contributed by atoms with van der Waals surface area (Å²) in [5.41, 5.74) is 1.78. The van der Waals surface area contributed by atoms with Gasteiger partial charge in [0, 0.05) is 29.6 Å². The predicted molar refractivity (Wildman–Crippen MR) is 108 cm³/mol. The average Bonchev–Trinajstić information content (AvgIpc) is 3.34. The fourth-order valence-corrected chi connectivity index (χ4v) is 3.79. The van der Waals surface area contributed by atoms with Crippen molar-refractivity contribution < 1.29 is 4.79 Å². The van der Waals surface area contributed by atoms with Gasteiger partial charge in [-0.3, -0.25) is 4.79 Å². The van der Waals surface area contributed by atoms with Crippen LogP contribution in [0, 0.1) is 11.3 Å². The molecule has 1 aromatic carbocycles. The van der Waals surface area contributed by atoms with Crippen molar-refractivity contribution in [3.05, 3.63) is 35.7 Å². The number of amides is 1. The first-order chi connectivity index (χ1) is 13.0. The van der Waals surface area contributed by atoms with Crippen LogP contribution in [0.15, 0.2) is 35.7 Å². The van der Waals surface area contributed by atoms with Crippen molar-refractivity contribution in [1.29, 1.82) is 5.26 Å². The topological polar surface area (TPSA) is 81.1 Å². The SMILES string of the molecule is CC(C)(CNc1nc(-c2ccccc2)cs1)NCC(=O)N1CCC[C@H]1C#N. The van der Waals surface area contributed by atoms with E-state index < -0.39 is 0 Å². The van der Waals surface area contributed by atoms with Crippen LogP contribution in [0.3, 0.4) is 0 Å². The summed E-state index contributed by atoms with van der Waals surface area (Å²) in [6.07, 6.45) is 1.68. The molecule has 27 heavy (non-hydrogen) atoms. The van der Waals surface area contributed by atoms with E-state index >= 15 is 0 Å². The molecule has 1 amide bonds. The predicted octanol–water partition coefficient (Wildman–Crippen LogP) is 3.10. The molecule has 1 aliphatic heterocycles. The van der Waals surface area contributed by atoms with E-state index in [1.165, 1.54) is 0 Å². The lowest BCUT2D eigenvalue weighted by Gasteiger charge is -2.28. The van der Waals surface area contributed by atoms with Gasteiger partial charge in [0.15, 0.2) is 5.13 Å². The van der Waals surface area contributed by atoms with Gasteiger partial charge in [-0.2, -0.15) is 5.26 Å². The molecule has 3 rings (SSSR count). The zero-order valence-corrected chi connectivity index (χ0v) is 16.6. The highest BCUT2D eigenvalue weighted by Crippen LogP contribution is 2.25. The number of likely N-dealkylation sites (tertiary alicyclic amines) is 1. The molecule has 1 aliphatic rings. The van der Waals surface area contributed by atoms with Crippen LogP contribution in [0.2, 0.25) is 0 Å². The molecule has 0 spiro atoms. The van der Waals surface area contributed by atoms with Gasteiger partial charge in [0.05, 0.1) is 18.3 Å². The van der Waals surface area contributed by atoms with Crippen molar-refractivity contribution in [3.8, 4) is 17.3 Å². The molecule has 0 aliphatic carbocycles. The standard InChI is InChI=1S/C20H25N5OS/c1-20(2,23-12-18(26)25-10-6-9-16(25)11-21)14-22-19-24-17(13-27-19)15-7-4-3-5-8-15/h3-5,7-8,13,16,23H,6,9-10,12,14H2,1-2H3,(H,22,24)/t16-/m0/s1. The fraction of sp³-hybridized carbons (Fsp3) is 0.450. The average molecular weight is 384 g/mol. The summed E-state index contributed by atoms with van der Waals surface area (Å²) < 4.78 is 0. The van der Waals surface area contributed by atoms with Gasteiger partial charge in [0.2, 0.25) is 5.91 Å². The van der Waals surface area contributed by atoms with Crippen molar-refractivity contribution in [1.82, 2.24) is 15.2 Å². The highest BCUT2D eigenvalue weighted by atomic mass is 32.1. The number of nitrogens with zero attached hydrogens (tertiary/aromatic N) is 3. The molecule has 1 fully saturated rings. The third-order valence-electron chi connectivity index (χ3n) is 4.70. The van der Waals surface area contributed by atoms with Crippen molar-refractivity contribution >= 4 is 22.4 Å². The molecule has 6 nitrogen and oxygen atoms in total. The molecule has 0 bridgehead atoms. The Morgan fingerprint density at radius 2 is 2.19 bits per heavy atom. The second kappa shape index (κ2) is 8.51. The summed E-state index contributed by atoms with van der Waals surface area (Å²) in [5, 5.41) is 18.7. The fourth-order valence-electron chi connectivity index (χ4n) is 3.07. The van der Waals surface area contributed by atoms with Crippen LogP contribution in [0.25, 0.3) is 11.3 Å². The number of aromatic nitrogens is 1. The van der Waals surface area contributed by atoms with E-state index in [-0.39, 0.29) is 24.0 Å². The van der Waals surface area contributed by atoms with Gasteiger partial charge in [-0.1, -0.05) is 30.3 Å². The summed E-state index contributed by atoms with van der Waals surface area (Å²) in [5.74, 6) is -0.00672. The van der Waals surface area contributed by atoms with E-state index in [1.54, 1.807) is 16.2 Å². The van der Waals surface area contributed by atoms with Crippen LogP contribution in [-0.2, 0) is 4.79 Å². The van der Waals surface area contributed by atoms with Gasteiger partial charge in [-0.25, -0.2) is 4.98 Å². The number of thiazole rings is 1. The lowest BCUT2D eigenvalue weighted by molar-refractivity contribution is -0.130. The third-order valence-corrected chi connectivity index (χ3v) is 5.50. The molecule has 0 radical (unpaired) electrons. The van der Waals surface area contributed by atoms with E-state index in [2.05, 4.69) is 21.7 Å². The summed E-state index contributed by atoms with van der Waals surface area (Å²) in [6, 6.07) is 12.0. The summed E-state index contributed by atoms with van der Waals surface area (Å²) in [7, 11) is 0. The minimum Gasteiger partial charge on any atom is -0.360 e. The van der Waals surface area contributed by atoms with Crippen LogP contribution in [-0.4, -0.2) is 47.0 Å². The summed E-state index contributed by atoms with van der Waals surface area (Å²) in [4.78, 5) is 18.7. The lowest BCUT2D eigenvalue weighted by atomic mass is 10.1. The molecule has 1 saturated heterocycles. The number of carbonyl (C=O) groups is 1. The Morgan fingerprint density at radius 1 is 1.41 bits per heavy atom. The normalized spacial score (nSPS) is 16.9. The van der Waals surface area contributed by atoms with Gasteiger partial charge in [0.1, 0.15) is 6.04 Å². The highest BCUT2D eigenvalue weighted by molar-refractivity contribution is 7.14. The molecule has 142 valence electrons. The number of benzene rings is 1. The zero-order chi connectivity index (χ0) is 19.3. The molecular weight excluding hydrogens is 358 g/mol. The monoisotopic (exact) mass is 383 g/mol. The van der Waals surface area contributed by atoms with E-state index in [9.17, 15) is 4.79 Å². The summed E-state index contributed by atoms with van der Waals surface area (Å²) in [6.45, 7) is 5.65. The maximum Gasteiger partial charge on any atom is 0.237 e. The van der Waals surface area contributed by atoms with Gasteiger partial charge in [-0.15, -0.1) is 11.3 Å². The highest BCUT2D eigenvalue weighted by Gasteiger charge is 2.29. The lowest BCUT2D eigenvalue weighted by Crippen LogP contribution is -2.50. The maximum absolute atomic E-state index is 12.4. The van der Waals surface area contributed by atoms with Gasteiger partial charge < -0.3 is 15.5 Å². The molecule has 2 N–H and O–H groups in total. The third kappa shape index (κ3) is 5.06. The van der Waals surface area contributed by atoms with Crippen LogP contribution in [0.4, 0.5) is 5.13 Å². The van der Waals surface area contributed by atoms with Gasteiger partial charge >= 0.3 is 0 Å². The van der Waals surface area contributed by atoms with Crippen LogP contribution in [0.5, 0.6) is 0 Å². The molecule has 7 heteroatoms. The van der Waals surface area contributed by atoms with Crippen LogP contribution < -0.4 is 10.6 Å². The number of nitrogens with one attached hydrogen (secondary N) is 2. The van der Waals surface area contributed by atoms with E-state index in [0.717, 1.165) is 29.2 Å². The maximum atomic E-state index is 12.4. The van der Waals surface area contributed by atoms with E-state index in [4.69, 9.17) is 5.26 Å². The Bertz CT molecular complexity index is 811. The molecular formula is C20H25N5OS. The number of rotatable bonds is 7. The van der Waals surface area contributed by atoms with Crippen molar-refractivity contribution in [3.63, 3.8) is 0 Å². The summed E-state index contributed by atoms with van der Waals surface area (Å²) >= 11 is 1.57. The first-order valence-corrected chi connectivity index (χ1v) is 10.1. The number of hydrogen-bond acceptors (Lipinski definition) is 6. The molecule has 1 atom stereocenters. The largest absolute Gasteiger partial charge is 0.360 e. The van der Waals surface area contributed by atoms with Gasteiger partial charge in [-0.05, 0) is 26.7 Å². The quantitative estimate of drug-likeness (QED) is 0.768. The number of carbonyl (C=O) groups excluding carboxylic acids is 1. The first-order valence-electron chi connectivity index (χ1n) is 9.17. The molecule has 1 aromatic heterocycles. The van der Waals surface area contributed by atoms with Crippen molar-refractivity contribution in [2.24, 2.45) is 0 Å².